The Kier molecular flexibility index (Phi) is 6.42. The van der Waals surface area contributed by atoms with Gasteiger partial charge in [0.15, 0.2) is 0 Å². The van der Waals surface area contributed by atoms with Crippen LogP contribution in [0.15, 0.2) is 22.7 Å². The molecule has 5 heteroatoms. The van der Waals surface area contributed by atoms with Crippen LogP contribution in [0.5, 0.6) is 0 Å². The average molecular weight is 345 g/mol. The number of hydrogen-bond donors (Lipinski definition) is 1. The van der Waals surface area contributed by atoms with Crippen molar-refractivity contribution in [2.75, 3.05) is 32.8 Å². The lowest BCUT2D eigenvalue weighted by Gasteiger charge is -2.35. The first-order valence-corrected chi connectivity index (χ1v) is 7.96. The standard InChI is InChI=1S/C15H22BrFN2O/c1-2-5-18-9-14-11-20-7-6-19(14)10-12-8-13(16)3-4-15(12)17/h3-4,8,14,18H,2,5-7,9-11H2,1H3. The largest absolute Gasteiger partial charge is 0.378 e. The van der Waals surface area contributed by atoms with Crippen molar-refractivity contribution in [3.8, 4) is 0 Å². The summed E-state index contributed by atoms with van der Waals surface area (Å²) in [6.07, 6.45) is 1.12. The maximum atomic E-state index is 13.9. The van der Waals surface area contributed by atoms with Gasteiger partial charge in [0.25, 0.3) is 0 Å². The van der Waals surface area contributed by atoms with Crippen molar-refractivity contribution < 1.29 is 9.13 Å². The highest BCUT2D eigenvalue weighted by molar-refractivity contribution is 9.10. The van der Waals surface area contributed by atoms with Crippen molar-refractivity contribution >= 4 is 15.9 Å². The molecule has 0 radical (unpaired) electrons. The van der Waals surface area contributed by atoms with Gasteiger partial charge in [0.1, 0.15) is 5.82 Å². The molecular weight excluding hydrogens is 323 g/mol. The van der Waals surface area contributed by atoms with Gasteiger partial charge < -0.3 is 10.1 Å². The number of halogens is 2. The molecule has 0 amide bonds. The first kappa shape index (κ1) is 15.9. The first-order valence-electron chi connectivity index (χ1n) is 7.17. The fourth-order valence-corrected chi connectivity index (χ4v) is 2.82. The summed E-state index contributed by atoms with van der Waals surface area (Å²) in [5.41, 5.74) is 0.738. The second-order valence-corrected chi connectivity index (χ2v) is 6.05. The molecular formula is C15H22BrFN2O. The van der Waals surface area contributed by atoms with E-state index in [9.17, 15) is 4.39 Å². The zero-order chi connectivity index (χ0) is 14.4. The Hall–Kier alpha value is -0.490. The fraction of sp³-hybridized carbons (Fsp3) is 0.600. The SMILES string of the molecule is CCCNCC1COCCN1Cc1cc(Br)ccc1F. The number of nitrogens with zero attached hydrogens (tertiary/aromatic N) is 1. The van der Waals surface area contributed by atoms with Gasteiger partial charge in [0.05, 0.1) is 13.2 Å². The van der Waals surface area contributed by atoms with Gasteiger partial charge in [-0.25, -0.2) is 4.39 Å². The summed E-state index contributed by atoms with van der Waals surface area (Å²) >= 11 is 3.41. The maximum Gasteiger partial charge on any atom is 0.127 e. The summed E-state index contributed by atoms with van der Waals surface area (Å²) in [6.45, 7) is 6.97. The van der Waals surface area contributed by atoms with E-state index in [1.54, 1.807) is 6.07 Å². The average Bonchev–Trinajstić information content (AvgIpc) is 2.45. The molecule has 1 fully saturated rings. The van der Waals surface area contributed by atoms with E-state index in [1.165, 1.54) is 6.07 Å². The van der Waals surface area contributed by atoms with E-state index in [1.807, 2.05) is 6.07 Å². The molecule has 1 aromatic rings. The van der Waals surface area contributed by atoms with E-state index in [4.69, 9.17) is 4.74 Å². The molecule has 1 atom stereocenters. The minimum atomic E-state index is -0.139. The molecule has 112 valence electrons. The van der Waals surface area contributed by atoms with Crippen LogP contribution in [0.25, 0.3) is 0 Å². The fourth-order valence-electron chi connectivity index (χ4n) is 2.41. The number of morpholine rings is 1. The van der Waals surface area contributed by atoms with E-state index in [0.717, 1.165) is 42.7 Å². The van der Waals surface area contributed by atoms with E-state index >= 15 is 0 Å². The van der Waals surface area contributed by atoms with Crippen molar-refractivity contribution in [3.63, 3.8) is 0 Å². The van der Waals surface area contributed by atoms with Crippen LogP contribution in [0.2, 0.25) is 0 Å². The molecule has 1 saturated heterocycles. The van der Waals surface area contributed by atoms with E-state index < -0.39 is 0 Å². The van der Waals surface area contributed by atoms with Gasteiger partial charge in [0.2, 0.25) is 0 Å². The second-order valence-electron chi connectivity index (χ2n) is 5.14. The normalized spacial score (nSPS) is 20.2. The summed E-state index contributed by atoms with van der Waals surface area (Å²) in [5.74, 6) is -0.139. The van der Waals surface area contributed by atoms with Crippen LogP contribution in [0.3, 0.4) is 0 Å². The maximum absolute atomic E-state index is 13.9. The minimum Gasteiger partial charge on any atom is -0.378 e. The predicted molar refractivity (Wildman–Crippen MR) is 82.3 cm³/mol. The predicted octanol–water partition coefficient (Wildman–Crippen LogP) is 2.79. The summed E-state index contributed by atoms with van der Waals surface area (Å²) in [7, 11) is 0. The Labute approximate surface area is 128 Å². The number of hydrogen-bond acceptors (Lipinski definition) is 3. The van der Waals surface area contributed by atoms with Crippen molar-refractivity contribution in [3.05, 3.63) is 34.1 Å². The third-order valence-electron chi connectivity index (χ3n) is 3.54. The van der Waals surface area contributed by atoms with Crippen LogP contribution in [0.4, 0.5) is 4.39 Å². The number of rotatable bonds is 6. The van der Waals surface area contributed by atoms with Gasteiger partial charge >= 0.3 is 0 Å². The number of nitrogens with one attached hydrogen (secondary N) is 1. The lowest BCUT2D eigenvalue weighted by molar-refractivity contribution is -0.0113. The molecule has 2 rings (SSSR count). The summed E-state index contributed by atoms with van der Waals surface area (Å²) in [4.78, 5) is 2.30. The van der Waals surface area contributed by atoms with E-state index in [-0.39, 0.29) is 5.82 Å². The molecule has 1 heterocycles. The summed E-state index contributed by atoms with van der Waals surface area (Å²) in [5, 5.41) is 3.42. The van der Waals surface area contributed by atoms with Crippen LogP contribution in [0.1, 0.15) is 18.9 Å². The zero-order valence-electron chi connectivity index (χ0n) is 11.9. The molecule has 1 N–H and O–H groups in total. The third-order valence-corrected chi connectivity index (χ3v) is 4.03. The van der Waals surface area contributed by atoms with Crippen LogP contribution in [-0.4, -0.2) is 43.8 Å². The van der Waals surface area contributed by atoms with Crippen LogP contribution in [-0.2, 0) is 11.3 Å². The topological polar surface area (TPSA) is 24.5 Å². The quantitative estimate of drug-likeness (QED) is 0.803. The molecule has 0 aliphatic carbocycles. The minimum absolute atomic E-state index is 0.139. The van der Waals surface area contributed by atoms with Gasteiger partial charge in [-0.15, -0.1) is 0 Å². The molecule has 3 nitrogen and oxygen atoms in total. The highest BCUT2D eigenvalue weighted by atomic mass is 79.9. The summed E-state index contributed by atoms with van der Waals surface area (Å²) in [6, 6.07) is 5.43. The number of ether oxygens (including phenoxy) is 1. The van der Waals surface area contributed by atoms with Crippen molar-refractivity contribution in [1.82, 2.24) is 10.2 Å². The van der Waals surface area contributed by atoms with Crippen LogP contribution >= 0.6 is 15.9 Å². The monoisotopic (exact) mass is 344 g/mol. The summed E-state index contributed by atoms with van der Waals surface area (Å²) < 4.78 is 20.3. The van der Waals surface area contributed by atoms with Gasteiger partial charge in [-0.2, -0.15) is 0 Å². The second kappa shape index (κ2) is 8.08. The van der Waals surface area contributed by atoms with Crippen molar-refractivity contribution in [2.45, 2.75) is 25.9 Å². The first-order chi connectivity index (χ1) is 9.70. The van der Waals surface area contributed by atoms with Crippen molar-refractivity contribution in [2.24, 2.45) is 0 Å². The third kappa shape index (κ3) is 4.52. The lowest BCUT2D eigenvalue weighted by Crippen LogP contribution is -2.50. The number of benzene rings is 1. The van der Waals surface area contributed by atoms with Crippen LogP contribution < -0.4 is 5.32 Å². The van der Waals surface area contributed by atoms with Crippen LogP contribution in [0, 0.1) is 5.82 Å². The Morgan fingerprint density at radius 2 is 2.35 bits per heavy atom. The Morgan fingerprint density at radius 1 is 1.50 bits per heavy atom. The smallest absolute Gasteiger partial charge is 0.127 e. The van der Waals surface area contributed by atoms with Gasteiger partial charge in [-0.05, 0) is 31.2 Å². The Bertz CT molecular complexity index is 430. The molecule has 0 saturated carbocycles. The molecule has 1 aliphatic heterocycles. The Morgan fingerprint density at radius 3 is 3.15 bits per heavy atom. The zero-order valence-corrected chi connectivity index (χ0v) is 13.5. The lowest BCUT2D eigenvalue weighted by atomic mass is 10.1. The molecule has 1 unspecified atom stereocenters. The highest BCUT2D eigenvalue weighted by Gasteiger charge is 2.23. The van der Waals surface area contributed by atoms with Gasteiger partial charge in [-0.3, -0.25) is 4.90 Å². The molecule has 20 heavy (non-hydrogen) atoms. The molecule has 0 spiro atoms. The highest BCUT2D eigenvalue weighted by Crippen LogP contribution is 2.19. The Balaban J connectivity index is 1.98. The molecule has 1 aliphatic rings. The van der Waals surface area contributed by atoms with Crippen molar-refractivity contribution in [1.29, 1.82) is 0 Å². The van der Waals surface area contributed by atoms with Gasteiger partial charge in [0, 0.05) is 35.7 Å². The van der Waals surface area contributed by atoms with E-state index in [0.29, 0.717) is 19.2 Å². The molecule has 0 bridgehead atoms. The molecule has 0 aromatic heterocycles. The molecule has 1 aromatic carbocycles. The van der Waals surface area contributed by atoms with Gasteiger partial charge in [-0.1, -0.05) is 22.9 Å². The van der Waals surface area contributed by atoms with E-state index in [2.05, 4.69) is 33.1 Å².